The average molecular weight is 212 g/mol. The fourth-order valence-electron chi connectivity index (χ4n) is 0.836. The Labute approximate surface area is 108 Å². The summed E-state index contributed by atoms with van der Waals surface area (Å²) in [5.74, 6) is -1.05. The summed E-state index contributed by atoms with van der Waals surface area (Å²) < 4.78 is 0. The molecular weight excluding hydrogens is 198 g/mol. The summed E-state index contributed by atoms with van der Waals surface area (Å²) in [5, 5.41) is 12.6. The number of rotatable bonds is 6. The first-order chi connectivity index (χ1) is 5.63. The van der Waals surface area contributed by atoms with E-state index >= 15 is 0 Å². The Kier molecular flexibility index (Phi) is 12.4. The largest absolute Gasteiger partial charge is 2.00 e. The van der Waals surface area contributed by atoms with E-state index in [2.05, 4.69) is 5.32 Å². The minimum absolute atomic E-state index is 0. The van der Waals surface area contributed by atoms with E-state index in [4.69, 9.17) is 0 Å². The van der Waals surface area contributed by atoms with Crippen LogP contribution in [0.4, 0.5) is 0 Å². The number of aliphatic carboxylic acids is 1. The molecule has 0 heterocycles. The van der Waals surface area contributed by atoms with E-state index in [0.29, 0.717) is 13.0 Å². The van der Waals surface area contributed by atoms with Crippen LogP contribution in [-0.2, 0) is 9.59 Å². The van der Waals surface area contributed by atoms with Crippen molar-refractivity contribution in [2.45, 2.75) is 32.6 Å². The second kappa shape index (κ2) is 10.3. The van der Waals surface area contributed by atoms with Gasteiger partial charge in [0, 0.05) is 19.4 Å². The van der Waals surface area contributed by atoms with Gasteiger partial charge in [0.2, 0.25) is 5.91 Å². The number of carboxylic acid groups (broad SMARTS) is 1. The summed E-state index contributed by atoms with van der Waals surface area (Å²) in [6.07, 6.45) is 2.38. The van der Waals surface area contributed by atoms with Crippen molar-refractivity contribution in [3.8, 4) is 0 Å². The third-order valence-electron chi connectivity index (χ3n) is 1.43. The van der Waals surface area contributed by atoms with E-state index in [0.717, 1.165) is 12.8 Å². The zero-order valence-corrected chi connectivity index (χ0v) is 10.2. The number of hydrogen-bond donors (Lipinski definition) is 1. The van der Waals surface area contributed by atoms with Crippen LogP contribution in [0.3, 0.4) is 0 Å². The molecule has 0 aliphatic rings. The Bertz CT molecular complexity index is 143. The van der Waals surface area contributed by atoms with Gasteiger partial charge in [-0.1, -0.05) is 6.42 Å². The summed E-state index contributed by atoms with van der Waals surface area (Å²) in [6, 6.07) is 0. The molecule has 70 valence electrons. The van der Waals surface area contributed by atoms with Crippen LogP contribution in [0.15, 0.2) is 0 Å². The van der Waals surface area contributed by atoms with E-state index in [9.17, 15) is 14.7 Å². The van der Waals surface area contributed by atoms with Crippen LogP contribution in [0, 0.1) is 0 Å². The molecule has 0 fully saturated rings. The number of amides is 1. The normalized spacial score (nSPS) is 8.69. The molecule has 0 atom stereocenters. The predicted octanol–water partition coefficient (Wildman–Crippen LogP) is -0.948. The Morgan fingerprint density at radius 3 is 2.31 bits per heavy atom. The van der Waals surface area contributed by atoms with Gasteiger partial charge < -0.3 is 15.2 Å². The van der Waals surface area contributed by atoms with Gasteiger partial charge in [-0.05, 0) is 19.3 Å². The van der Waals surface area contributed by atoms with Gasteiger partial charge in [-0.3, -0.25) is 4.79 Å². The maximum Gasteiger partial charge on any atom is 2.00 e. The monoisotopic (exact) mass is 212 g/mol. The van der Waals surface area contributed by atoms with Crippen LogP contribution in [-0.4, -0.2) is 56.2 Å². The van der Waals surface area contributed by atoms with Crippen molar-refractivity contribution >= 4 is 49.6 Å². The van der Waals surface area contributed by atoms with Crippen molar-refractivity contribution in [3.63, 3.8) is 0 Å². The number of hydrogen-bond acceptors (Lipinski definition) is 3. The van der Waals surface area contributed by atoms with Crippen LogP contribution in [0.5, 0.6) is 0 Å². The summed E-state index contributed by atoms with van der Waals surface area (Å²) in [6.45, 7) is 2.09. The molecule has 0 bridgehead atoms. The molecule has 0 saturated heterocycles. The molecule has 0 aliphatic carbocycles. The zero-order valence-electron chi connectivity index (χ0n) is 7.97. The van der Waals surface area contributed by atoms with Crippen molar-refractivity contribution in [2.24, 2.45) is 0 Å². The predicted molar refractivity (Wildman–Crippen MR) is 47.9 cm³/mol. The van der Waals surface area contributed by atoms with Gasteiger partial charge in [-0.25, -0.2) is 0 Å². The first-order valence-corrected chi connectivity index (χ1v) is 4.07. The smallest absolute Gasteiger partial charge is 0.550 e. The van der Waals surface area contributed by atoms with Crippen LogP contribution in [0.1, 0.15) is 32.6 Å². The molecule has 5 heteroatoms. The fourth-order valence-corrected chi connectivity index (χ4v) is 0.836. The number of carbonyl (C=O) groups excluding carboxylic acids is 2. The quantitative estimate of drug-likeness (QED) is 0.456. The summed E-state index contributed by atoms with van der Waals surface area (Å²) in [5.41, 5.74) is 0. The van der Waals surface area contributed by atoms with Gasteiger partial charge in [-0.2, -0.15) is 0 Å². The molecule has 0 rings (SSSR count). The number of carbonyl (C=O) groups is 2. The fraction of sp³-hybridized carbons (Fsp3) is 0.750. The Balaban J connectivity index is 0. The van der Waals surface area contributed by atoms with Crippen LogP contribution in [0.25, 0.3) is 0 Å². The van der Waals surface area contributed by atoms with E-state index in [1.165, 1.54) is 6.92 Å². The minimum atomic E-state index is -1.01. The van der Waals surface area contributed by atoms with Crippen molar-refractivity contribution < 1.29 is 14.7 Å². The maximum absolute atomic E-state index is 10.4. The van der Waals surface area contributed by atoms with Gasteiger partial charge in [0.05, 0.1) is 0 Å². The van der Waals surface area contributed by atoms with E-state index in [1.54, 1.807) is 0 Å². The summed E-state index contributed by atoms with van der Waals surface area (Å²) >= 11 is 0. The van der Waals surface area contributed by atoms with Crippen molar-refractivity contribution in [2.75, 3.05) is 6.54 Å². The number of unbranched alkanes of at least 4 members (excludes halogenated alkanes) is 2. The molecule has 0 aromatic rings. The zero-order chi connectivity index (χ0) is 9.40. The van der Waals surface area contributed by atoms with Crippen LogP contribution in [0.2, 0.25) is 0 Å². The Morgan fingerprint density at radius 1 is 1.23 bits per heavy atom. The van der Waals surface area contributed by atoms with Gasteiger partial charge in [-0.15, -0.1) is 0 Å². The van der Waals surface area contributed by atoms with E-state index < -0.39 is 5.97 Å². The second-order valence-electron chi connectivity index (χ2n) is 2.67. The molecular formula is C8H14CaNO3+. The van der Waals surface area contributed by atoms with Gasteiger partial charge in [0.25, 0.3) is 0 Å². The first-order valence-electron chi connectivity index (χ1n) is 4.07. The van der Waals surface area contributed by atoms with Gasteiger partial charge >= 0.3 is 37.7 Å². The molecule has 0 spiro atoms. The molecule has 1 N–H and O–H groups in total. The summed E-state index contributed by atoms with van der Waals surface area (Å²) in [7, 11) is 0. The average Bonchev–Trinajstić information content (AvgIpc) is 1.95. The van der Waals surface area contributed by atoms with Crippen molar-refractivity contribution in [1.29, 1.82) is 0 Å². The molecule has 0 aliphatic heterocycles. The minimum Gasteiger partial charge on any atom is -0.550 e. The number of nitrogens with one attached hydrogen (secondary N) is 1. The maximum atomic E-state index is 10.4. The SMILES string of the molecule is CC(=O)NCCCCCC(=O)[O-].[Ca+2]. The van der Waals surface area contributed by atoms with Gasteiger partial charge in [0.1, 0.15) is 0 Å². The van der Waals surface area contributed by atoms with E-state index in [-0.39, 0.29) is 50.1 Å². The summed E-state index contributed by atoms with van der Waals surface area (Å²) in [4.78, 5) is 20.3. The van der Waals surface area contributed by atoms with E-state index in [1.807, 2.05) is 0 Å². The standard InChI is InChI=1S/C8H15NO3.Ca/c1-7(10)9-6-4-2-3-5-8(11)12;/h2-6H2,1H3,(H,9,10)(H,11,12);/q;+2/p-1. The second-order valence-corrected chi connectivity index (χ2v) is 2.67. The molecule has 4 nitrogen and oxygen atoms in total. The molecule has 1 amide bonds. The first kappa shape index (κ1) is 15.7. The Morgan fingerprint density at radius 2 is 1.85 bits per heavy atom. The van der Waals surface area contributed by atoms with Crippen LogP contribution < -0.4 is 10.4 Å². The third-order valence-corrected chi connectivity index (χ3v) is 1.43. The van der Waals surface area contributed by atoms with Crippen LogP contribution >= 0.6 is 0 Å². The molecule has 0 aromatic carbocycles. The Hall–Kier alpha value is 0.200. The van der Waals surface area contributed by atoms with Crippen molar-refractivity contribution in [3.05, 3.63) is 0 Å². The molecule has 0 aromatic heterocycles. The molecule has 13 heavy (non-hydrogen) atoms. The molecule has 0 radical (unpaired) electrons. The van der Waals surface area contributed by atoms with Crippen molar-refractivity contribution in [1.82, 2.24) is 5.32 Å². The van der Waals surface area contributed by atoms with Gasteiger partial charge in [0.15, 0.2) is 0 Å². The molecule has 0 unspecified atom stereocenters. The topological polar surface area (TPSA) is 69.2 Å². The number of carboxylic acids is 1. The third kappa shape index (κ3) is 15.0. The molecule has 0 saturated carbocycles.